The van der Waals surface area contributed by atoms with Crippen LogP contribution in [0.5, 0.6) is 0 Å². The van der Waals surface area contributed by atoms with Crippen LogP contribution in [0.4, 0.5) is 0 Å². The molecule has 0 bridgehead atoms. The zero-order valence-electron chi connectivity index (χ0n) is 19.1. The average Bonchev–Trinajstić information content (AvgIpc) is 3.38. The molecule has 4 rings (SSSR count). The Kier molecular flexibility index (Phi) is 7.10. The Balaban J connectivity index is 1.30. The molecule has 3 aromatic rings. The Bertz CT molecular complexity index is 1080. The van der Waals surface area contributed by atoms with Crippen LogP contribution in [-0.2, 0) is 24.3 Å². The van der Waals surface area contributed by atoms with E-state index in [9.17, 15) is 4.79 Å². The maximum absolute atomic E-state index is 11.8. The Hall–Kier alpha value is -3.28. The molecule has 1 amide bonds. The molecule has 32 heavy (non-hydrogen) atoms. The maximum atomic E-state index is 11.8. The van der Waals surface area contributed by atoms with Crippen LogP contribution in [0.25, 0.3) is 10.9 Å². The second-order valence-corrected chi connectivity index (χ2v) is 8.47. The summed E-state index contributed by atoms with van der Waals surface area (Å²) in [6, 6.07) is 15.0. The summed E-state index contributed by atoms with van der Waals surface area (Å²) in [7, 11) is 0. The summed E-state index contributed by atoms with van der Waals surface area (Å²) in [6.45, 7) is 8.03. The van der Waals surface area contributed by atoms with Gasteiger partial charge in [-0.25, -0.2) is 4.99 Å². The Morgan fingerprint density at radius 3 is 2.69 bits per heavy atom. The van der Waals surface area contributed by atoms with Crippen LogP contribution in [0.2, 0.25) is 0 Å². The van der Waals surface area contributed by atoms with Gasteiger partial charge in [0.2, 0.25) is 5.91 Å². The number of hydrogen-bond donors (Lipinski definition) is 3. The quantitative estimate of drug-likeness (QED) is 0.374. The first-order valence-corrected chi connectivity index (χ1v) is 11.6. The molecule has 2 heterocycles. The molecule has 6 nitrogen and oxygen atoms in total. The van der Waals surface area contributed by atoms with Gasteiger partial charge >= 0.3 is 0 Å². The van der Waals surface area contributed by atoms with Crippen molar-refractivity contribution in [2.24, 2.45) is 4.99 Å². The highest BCUT2D eigenvalue weighted by atomic mass is 16.2. The molecule has 0 radical (unpaired) electrons. The number of benzene rings is 2. The molecule has 1 aromatic heterocycles. The summed E-state index contributed by atoms with van der Waals surface area (Å²) in [6.07, 6.45) is 4.70. The second kappa shape index (κ2) is 10.4. The lowest BCUT2D eigenvalue weighted by atomic mass is 10.1. The van der Waals surface area contributed by atoms with Gasteiger partial charge in [0.25, 0.3) is 0 Å². The minimum atomic E-state index is 0.266. The van der Waals surface area contributed by atoms with E-state index in [2.05, 4.69) is 78.1 Å². The molecule has 1 saturated heterocycles. The number of H-pyrrole nitrogens is 1. The van der Waals surface area contributed by atoms with E-state index in [1.807, 2.05) is 4.90 Å². The molecule has 0 spiro atoms. The molecule has 6 heteroatoms. The molecule has 2 aromatic carbocycles. The van der Waals surface area contributed by atoms with Crippen molar-refractivity contribution >= 4 is 22.8 Å². The first-order chi connectivity index (χ1) is 15.6. The number of guanidine groups is 1. The van der Waals surface area contributed by atoms with Gasteiger partial charge in [0.15, 0.2) is 5.96 Å². The summed E-state index contributed by atoms with van der Waals surface area (Å²) in [4.78, 5) is 21.9. The van der Waals surface area contributed by atoms with Crippen LogP contribution in [0.1, 0.15) is 42.0 Å². The molecular formula is C26H33N5O. The van der Waals surface area contributed by atoms with Gasteiger partial charge in [0, 0.05) is 49.7 Å². The fourth-order valence-corrected chi connectivity index (χ4v) is 4.18. The van der Waals surface area contributed by atoms with Gasteiger partial charge in [-0.15, -0.1) is 0 Å². The summed E-state index contributed by atoms with van der Waals surface area (Å²) in [5.41, 5.74) is 6.11. The highest BCUT2D eigenvalue weighted by Gasteiger charge is 2.19. The Labute approximate surface area is 190 Å². The van der Waals surface area contributed by atoms with Crippen LogP contribution in [0.3, 0.4) is 0 Å². The lowest BCUT2D eigenvalue weighted by Crippen LogP contribution is -2.38. The lowest BCUT2D eigenvalue weighted by molar-refractivity contribution is -0.128. The zero-order chi connectivity index (χ0) is 22.3. The molecule has 168 valence electrons. The monoisotopic (exact) mass is 431 g/mol. The number of aliphatic imine (C=N–C) groups is 1. The minimum absolute atomic E-state index is 0.266. The summed E-state index contributed by atoms with van der Waals surface area (Å²) >= 11 is 0. The number of aryl methyl sites for hydroxylation is 1. The first kappa shape index (κ1) is 21.9. The molecule has 0 aliphatic carbocycles. The topological polar surface area (TPSA) is 72.5 Å². The number of rotatable bonds is 8. The number of carbonyl (C=O) groups excluding carboxylic acids is 1. The van der Waals surface area contributed by atoms with Gasteiger partial charge < -0.3 is 20.5 Å². The minimum Gasteiger partial charge on any atom is -0.361 e. The summed E-state index contributed by atoms with van der Waals surface area (Å²) < 4.78 is 0. The van der Waals surface area contributed by atoms with Gasteiger partial charge in [0.1, 0.15) is 0 Å². The van der Waals surface area contributed by atoms with E-state index >= 15 is 0 Å². The number of hydrogen-bond acceptors (Lipinski definition) is 2. The van der Waals surface area contributed by atoms with Crippen molar-refractivity contribution in [3.05, 3.63) is 70.9 Å². The standard InChI is InChI=1S/C26H33N5O/c1-3-27-26(28-13-12-22-17-29-24-15-19(2)6-11-23(22)24)30-16-20-7-9-21(10-8-20)18-31-14-4-5-25(31)32/h6-11,15,17,29H,3-5,12-14,16,18H2,1-2H3,(H2,27,28,30). The van der Waals surface area contributed by atoms with Gasteiger partial charge in [-0.2, -0.15) is 0 Å². The van der Waals surface area contributed by atoms with Crippen molar-refractivity contribution in [1.29, 1.82) is 0 Å². The summed E-state index contributed by atoms with van der Waals surface area (Å²) in [5.74, 6) is 1.10. The van der Waals surface area contributed by atoms with E-state index in [0.29, 0.717) is 19.5 Å². The number of carbonyl (C=O) groups is 1. The average molecular weight is 432 g/mol. The SMILES string of the molecule is CCNC(=NCc1ccc(CN2CCCC2=O)cc1)NCCc1c[nH]c2cc(C)ccc12. The molecule has 0 saturated carbocycles. The van der Waals surface area contributed by atoms with E-state index in [1.54, 1.807) is 0 Å². The Morgan fingerprint density at radius 2 is 1.94 bits per heavy atom. The van der Waals surface area contributed by atoms with Crippen LogP contribution in [0, 0.1) is 6.92 Å². The Morgan fingerprint density at radius 1 is 1.12 bits per heavy atom. The number of likely N-dealkylation sites (tertiary alicyclic amines) is 1. The molecule has 0 atom stereocenters. The van der Waals surface area contributed by atoms with Gasteiger partial charge in [-0.3, -0.25) is 4.79 Å². The van der Waals surface area contributed by atoms with Crippen molar-refractivity contribution in [2.45, 2.75) is 46.2 Å². The number of aromatic amines is 1. The summed E-state index contributed by atoms with van der Waals surface area (Å²) in [5, 5.41) is 8.07. The van der Waals surface area contributed by atoms with Crippen molar-refractivity contribution in [2.75, 3.05) is 19.6 Å². The predicted molar refractivity (Wildman–Crippen MR) is 131 cm³/mol. The van der Waals surface area contributed by atoms with E-state index in [-0.39, 0.29) is 5.91 Å². The fourth-order valence-electron chi connectivity index (χ4n) is 4.18. The largest absolute Gasteiger partial charge is 0.361 e. The van der Waals surface area contributed by atoms with Crippen LogP contribution < -0.4 is 10.6 Å². The van der Waals surface area contributed by atoms with Crippen molar-refractivity contribution in [3.63, 3.8) is 0 Å². The molecular weight excluding hydrogens is 398 g/mol. The van der Waals surface area contributed by atoms with Gasteiger partial charge in [-0.05, 0) is 55.0 Å². The zero-order valence-corrected chi connectivity index (χ0v) is 19.1. The lowest BCUT2D eigenvalue weighted by Gasteiger charge is -2.15. The molecule has 3 N–H and O–H groups in total. The van der Waals surface area contributed by atoms with Crippen LogP contribution >= 0.6 is 0 Å². The number of aromatic nitrogens is 1. The van der Waals surface area contributed by atoms with Gasteiger partial charge in [-0.1, -0.05) is 36.4 Å². The van der Waals surface area contributed by atoms with Crippen LogP contribution in [0.15, 0.2) is 53.7 Å². The van der Waals surface area contributed by atoms with Crippen LogP contribution in [-0.4, -0.2) is 41.4 Å². The number of nitrogens with one attached hydrogen (secondary N) is 3. The smallest absolute Gasteiger partial charge is 0.222 e. The van der Waals surface area contributed by atoms with E-state index in [1.165, 1.54) is 27.6 Å². The molecule has 1 aliphatic rings. The second-order valence-electron chi connectivity index (χ2n) is 8.47. The van der Waals surface area contributed by atoms with E-state index < -0.39 is 0 Å². The number of amides is 1. The number of fused-ring (bicyclic) bond motifs is 1. The highest BCUT2D eigenvalue weighted by molar-refractivity contribution is 5.84. The number of nitrogens with zero attached hydrogens (tertiary/aromatic N) is 2. The highest BCUT2D eigenvalue weighted by Crippen LogP contribution is 2.19. The van der Waals surface area contributed by atoms with Gasteiger partial charge in [0.05, 0.1) is 6.54 Å². The maximum Gasteiger partial charge on any atom is 0.222 e. The van der Waals surface area contributed by atoms with E-state index in [4.69, 9.17) is 4.99 Å². The first-order valence-electron chi connectivity index (χ1n) is 11.6. The third-order valence-corrected chi connectivity index (χ3v) is 5.94. The molecule has 1 aliphatic heterocycles. The van der Waals surface area contributed by atoms with Crippen molar-refractivity contribution < 1.29 is 4.79 Å². The predicted octanol–water partition coefficient (Wildman–Crippen LogP) is 3.90. The normalized spacial score (nSPS) is 14.4. The molecule has 1 fully saturated rings. The van der Waals surface area contributed by atoms with Crippen molar-refractivity contribution in [3.8, 4) is 0 Å². The van der Waals surface area contributed by atoms with E-state index in [0.717, 1.165) is 44.0 Å². The third kappa shape index (κ3) is 5.49. The van der Waals surface area contributed by atoms with Crippen molar-refractivity contribution in [1.82, 2.24) is 20.5 Å². The molecule has 0 unspecified atom stereocenters. The third-order valence-electron chi connectivity index (χ3n) is 5.94. The fraction of sp³-hybridized carbons (Fsp3) is 0.385.